The van der Waals surface area contributed by atoms with Crippen LogP contribution in [0.5, 0.6) is 0 Å². The van der Waals surface area contributed by atoms with E-state index in [9.17, 15) is 0 Å². The van der Waals surface area contributed by atoms with Gasteiger partial charge in [-0.1, -0.05) is 57.2 Å². The first-order valence-electron chi connectivity index (χ1n) is 9.73. The molecule has 0 saturated heterocycles. The van der Waals surface area contributed by atoms with E-state index in [4.69, 9.17) is 0 Å². The van der Waals surface area contributed by atoms with E-state index < -0.39 is 0 Å². The zero-order valence-corrected chi connectivity index (χ0v) is 15.9. The predicted octanol–water partition coefficient (Wildman–Crippen LogP) is 6.23. The molecule has 0 bridgehead atoms. The molecule has 4 atom stereocenters. The number of likely N-dealkylation sites (N-methyl/N-ethyl adjacent to an activating group) is 1. The van der Waals surface area contributed by atoms with Crippen LogP contribution in [0.2, 0.25) is 0 Å². The maximum atomic E-state index is 2.55. The molecule has 0 radical (unpaired) electrons. The van der Waals surface area contributed by atoms with Gasteiger partial charge in [-0.15, -0.1) is 0 Å². The fraction of sp³-hybridized carbons (Fsp3) is 0.417. The Morgan fingerprint density at radius 3 is 2.40 bits per heavy atom. The van der Waals surface area contributed by atoms with E-state index >= 15 is 0 Å². The van der Waals surface area contributed by atoms with Crippen molar-refractivity contribution < 1.29 is 0 Å². The van der Waals surface area contributed by atoms with Gasteiger partial charge in [-0.05, 0) is 58.0 Å². The third-order valence-electron chi connectivity index (χ3n) is 7.34. The van der Waals surface area contributed by atoms with E-state index in [1.165, 1.54) is 33.7 Å². The summed E-state index contributed by atoms with van der Waals surface area (Å²) in [6, 6.07) is 14.2. The van der Waals surface area contributed by atoms with Crippen molar-refractivity contribution in [3.63, 3.8) is 0 Å². The molecule has 5 rings (SSSR count). The fourth-order valence-corrected chi connectivity index (χ4v) is 5.48. The maximum absolute atomic E-state index is 2.55. The number of hydrogen-bond acceptors (Lipinski definition) is 1. The highest BCUT2D eigenvalue weighted by Gasteiger charge is 2.40. The number of hydrogen-bond donors (Lipinski definition) is 0. The minimum Gasteiger partial charge on any atom is -0.371 e. The smallest absolute Gasteiger partial charge is 0.0491 e. The van der Waals surface area contributed by atoms with E-state index in [1.54, 1.807) is 16.7 Å². The molecule has 0 fully saturated rings. The van der Waals surface area contributed by atoms with Gasteiger partial charge in [0.15, 0.2) is 0 Å². The van der Waals surface area contributed by atoms with Crippen LogP contribution in [0.4, 0.5) is 5.69 Å². The van der Waals surface area contributed by atoms with Crippen LogP contribution < -0.4 is 4.90 Å². The highest BCUT2D eigenvalue weighted by atomic mass is 15.2. The lowest BCUT2D eigenvalue weighted by atomic mass is 9.84. The van der Waals surface area contributed by atoms with Crippen LogP contribution in [0, 0.1) is 5.92 Å². The van der Waals surface area contributed by atoms with Gasteiger partial charge in [-0.2, -0.15) is 0 Å². The lowest BCUT2D eigenvalue weighted by Gasteiger charge is -2.23. The Balaban J connectivity index is 2.03. The van der Waals surface area contributed by atoms with E-state index in [0.29, 0.717) is 17.9 Å². The zero-order chi connectivity index (χ0) is 17.5. The largest absolute Gasteiger partial charge is 0.371 e. The first-order chi connectivity index (χ1) is 12.0. The van der Waals surface area contributed by atoms with Crippen LogP contribution in [0.3, 0.4) is 0 Å². The van der Waals surface area contributed by atoms with Gasteiger partial charge < -0.3 is 4.90 Å². The van der Waals surface area contributed by atoms with Crippen LogP contribution in [0.15, 0.2) is 36.4 Å². The predicted molar refractivity (Wildman–Crippen MR) is 109 cm³/mol. The molecule has 0 aromatic heterocycles. The summed E-state index contributed by atoms with van der Waals surface area (Å²) in [5, 5.41) is 5.76. The summed E-state index contributed by atoms with van der Waals surface area (Å²) in [6.45, 7) is 9.69. The molecule has 128 valence electrons. The molecule has 25 heavy (non-hydrogen) atoms. The van der Waals surface area contributed by atoms with Crippen molar-refractivity contribution in [2.45, 2.75) is 52.0 Å². The average Bonchev–Trinajstić information content (AvgIpc) is 3.04. The molecule has 1 heterocycles. The zero-order valence-electron chi connectivity index (χ0n) is 15.9. The molecule has 3 aromatic rings. The lowest BCUT2D eigenvalue weighted by molar-refractivity contribution is 0.527. The van der Waals surface area contributed by atoms with Crippen molar-refractivity contribution in [2.75, 3.05) is 11.9 Å². The number of rotatable bonds is 0. The topological polar surface area (TPSA) is 3.24 Å². The first kappa shape index (κ1) is 15.3. The van der Waals surface area contributed by atoms with E-state index in [2.05, 4.69) is 76.0 Å². The van der Waals surface area contributed by atoms with Gasteiger partial charge >= 0.3 is 0 Å². The van der Waals surface area contributed by atoms with Gasteiger partial charge in [0.05, 0.1) is 0 Å². The molecule has 1 heteroatoms. The molecule has 0 N–H and O–H groups in total. The summed E-state index contributed by atoms with van der Waals surface area (Å²) in [6.07, 6.45) is 1.23. The highest BCUT2D eigenvalue weighted by molar-refractivity contribution is 6.16. The van der Waals surface area contributed by atoms with E-state index in [0.717, 1.165) is 5.92 Å². The molecule has 3 aromatic carbocycles. The number of benzene rings is 3. The Morgan fingerprint density at radius 1 is 0.840 bits per heavy atom. The van der Waals surface area contributed by atoms with Crippen molar-refractivity contribution in [3.05, 3.63) is 53.1 Å². The molecule has 0 spiro atoms. The van der Waals surface area contributed by atoms with Gasteiger partial charge in [0.25, 0.3) is 0 Å². The minimum absolute atomic E-state index is 0.562. The van der Waals surface area contributed by atoms with Gasteiger partial charge in [0, 0.05) is 30.1 Å². The van der Waals surface area contributed by atoms with Crippen LogP contribution in [-0.2, 0) is 6.42 Å². The Hall–Kier alpha value is -2.02. The Morgan fingerprint density at radius 2 is 1.60 bits per heavy atom. The monoisotopic (exact) mass is 329 g/mol. The van der Waals surface area contributed by atoms with Crippen molar-refractivity contribution >= 4 is 27.2 Å². The third kappa shape index (κ3) is 1.79. The fourth-order valence-electron chi connectivity index (χ4n) is 5.48. The summed E-state index contributed by atoms with van der Waals surface area (Å²) in [4.78, 5) is 2.55. The summed E-state index contributed by atoms with van der Waals surface area (Å²) < 4.78 is 0. The number of fused-ring (bicyclic) bond motifs is 8. The molecule has 1 nitrogen and oxygen atoms in total. The Labute approximate surface area is 150 Å². The van der Waals surface area contributed by atoms with Crippen molar-refractivity contribution in [2.24, 2.45) is 5.92 Å². The molecule has 1 aliphatic heterocycles. The van der Waals surface area contributed by atoms with Crippen LogP contribution >= 0.6 is 0 Å². The maximum Gasteiger partial charge on any atom is 0.0491 e. The second-order valence-corrected chi connectivity index (χ2v) is 8.47. The Bertz CT molecular complexity index is 1020. The molecule has 0 amide bonds. The van der Waals surface area contributed by atoms with Crippen molar-refractivity contribution in [3.8, 4) is 0 Å². The van der Waals surface area contributed by atoms with Gasteiger partial charge in [-0.3, -0.25) is 0 Å². The summed E-state index contributed by atoms with van der Waals surface area (Å²) in [5.74, 6) is 2.01. The molecule has 1 aliphatic carbocycles. The number of anilines is 1. The third-order valence-corrected chi connectivity index (χ3v) is 7.34. The molecule has 0 saturated carbocycles. The van der Waals surface area contributed by atoms with Gasteiger partial charge in [-0.25, -0.2) is 0 Å². The van der Waals surface area contributed by atoms with Crippen LogP contribution in [0.25, 0.3) is 21.5 Å². The van der Waals surface area contributed by atoms with Crippen LogP contribution in [-0.4, -0.2) is 13.1 Å². The highest BCUT2D eigenvalue weighted by Crippen LogP contribution is 2.55. The SMILES string of the molecule is C[C@@H]1c2c3c(c4c(ccc5ccccc54)c2C[C@@H]1C)N(C)[C@@H](C)[C@H]3C. The summed E-state index contributed by atoms with van der Waals surface area (Å²) in [5.41, 5.74) is 6.46. The average molecular weight is 329 g/mol. The van der Waals surface area contributed by atoms with Gasteiger partial charge in [0.1, 0.15) is 0 Å². The lowest BCUT2D eigenvalue weighted by Crippen LogP contribution is -2.26. The molecule has 0 unspecified atom stereocenters. The van der Waals surface area contributed by atoms with E-state index in [-0.39, 0.29) is 0 Å². The minimum atomic E-state index is 0.562. The van der Waals surface area contributed by atoms with E-state index in [1.807, 2.05) is 0 Å². The van der Waals surface area contributed by atoms with Crippen molar-refractivity contribution in [1.82, 2.24) is 0 Å². The summed E-state index contributed by atoms with van der Waals surface area (Å²) >= 11 is 0. The molecular formula is C24H27N. The van der Waals surface area contributed by atoms with Crippen LogP contribution in [0.1, 0.15) is 56.2 Å². The summed E-state index contributed by atoms with van der Waals surface area (Å²) in [7, 11) is 2.30. The molecule has 2 aliphatic rings. The quantitative estimate of drug-likeness (QED) is 0.442. The molecular weight excluding hydrogens is 302 g/mol. The Kier molecular flexibility index (Phi) is 3.05. The standard InChI is InChI=1S/C24H27N/c1-13-12-20-19-11-10-17-8-6-7-9-18(17)23(19)24-22(21(20)14(13)2)15(3)16(4)25(24)5/h6-11,13-16H,12H2,1-5H3/t13-,14-,15+,16-/m0/s1. The first-order valence-corrected chi connectivity index (χ1v) is 9.73. The van der Waals surface area contributed by atoms with Gasteiger partial charge in [0.2, 0.25) is 0 Å². The number of nitrogens with zero attached hydrogens (tertiary/aromatic N) is 1. The van der Waals surface area contributed by atoms with Crippen molar-refractivity contribution in [1.29, 1.82) is 0 Å². The second-order valence-electron chi connectivity index (χ2n) is 8.47. The normalized spacial score (nSPS) is 28.0. The second kappa shape index (κ2) is 5.00.